The quantitative estimate of drug-likeness (QED) is 0.406. The number of fused-ring (bicyclic) bond motifs is 1. The highest BCUT2D eigenvalue weighted by Gasteiger charge is 2.35. The Kier molecular flexibility index (Phi) is 5.03. The first kappa shape index (κ1) is 19.8. The smallest absolute Gasteiger partial charge is 0.227 e. The van der Waals surface area contributed by atoms with Gasteiger partial charge in [-0.25, -0.2) is 4.98 Å². The van der Waals surface area contributed by atoms with Gasteiger partial charge in [0.25, 0.3) is 0 Å². The molecule has 3 aromatic carbocycles. The molecule has 0 aliphatic carbocycles. The van der Waals surface area contributed by atoms with E-state index in [1.165, 1.54) is 5.56 Å². The molecule has 1 atom stereocenters. The third kappa shape index (κ3) is 3.61. The molecule has 5 rings (SSSR count). The van der Waals surface area contributed by atoms with Crippen LogP contribution in [-0.4, -0.2) is 22.0 Å². The number of nitrogens with zero attached hydrogens (tertiary/aromatic N) is 3. The minimum absolute atomic E-state index is 0.0483. The summed E-state index contributed by atoms with van der Waals surface area (Å²) >= 11 is 6.08. The average molecular weight is 430 g/mol. The van der Waals surface area contributed by atoms with Crippen molar-refractivity contribution in [2.75, 3.05) is 11.4 Å². The van der Waals surface area contributed by atoms with E-state index in [4.69, 9.17) is 16.6 Å². The predicted octanol–water partition coefficient (Wildman–Crippen LogP) is 5.88. The summed E-state index contributed by atoms with van der Waals surface area (Å²) in [5.41, 5.74) is 6.57. The zero-order valence-electron chi connectivity index (χ0n) is 17.7. The molecule has 1 amide bonds. The molecule has 1 aliphatic rings. The lowest BCUT2D eigenvalue weighted by atomic mass is 10.1. The molecule has 31 heavy (non-hydrogen) atoms. The Morgan fingerprint density at radius 3 is 2.58 bits per heavy atom. The van der Waals surface area contributed by atoms with E-state index in [0.29, 0.717) is 19.5 Å². The van der Waals surface area contributed by atoms with Crippen LogP contribution in [0.15, 0.2) is 66.7 Å². The molecule has 5 heteroatoms. The number of aromatic nitrogens is 2. The molecule has 1 aromatic heterocycles. The Labute approximate surface area is 187 Å². The summed E-state index contributed by atoms with van der Waals surface area (Å²) in [6.45, 7) is 5.51. The van der Waals surface area contributed by atoms with Gasteiger partial charge in [0.1, 0.15) is 5.82 Å². The Morgan fingerprint density at radius 1 is 1.00 bits per heavy atom. The van der Waals surface area contributed by atoms with E-state index in [1.54, 1.807) is 0 Å². The number of aryl methyl sites for hydroxylation is 1. The van der Waals surface area contributed by atoms with Gasteiger partial charge in [0.2, 0.25) is 5.91 Å². The Balaban J connectivity index is 1.53. The Bertz CT molecular complexity index is 1280. The number of carbonyl (C=O) groups excluding carboxylic acids is 1. The molecular formula is C26H24ClN3O. The lowest BCUT2D eigenvalue weighted by Crippen LogP contribution is -2.25. The second-order valence-corrected chi connectivity index (χ2v) is 8.73. The van der Waals surface area contributed by atoms with E-state index in [2.05, 4.69) is 30.5 Å². The third-order valence-electron chi connectivity index (χ3n) is 6.30. The van der Waals surface area contributed by atoms with Gasteiger partial charge in [-0.05, 0) is 60.9 Å². The summed E-state index contributed by atoms with van der Waals surface area (Å²) in [7, 11) is 0. The van der Waals surface area contributed by atoms with Crippen LogP contribution >= 0.6 is 11.6 Å². The maximum Gasteiger partial charge on any atom is 0.227 e. The number of amides is 1. The van der Waals surface area contributed by atoms with Crippen molar-refractivity contribution < 1.29 is 4.79 Å². The molecule has 1 aliphatic heterocycles. The standard InChI is InChI=1S/C26H24ClN3O/c1-17-6-5-9-23(18(17)2)29-16-20(14-25(29)31)26-28-22-7-3-4-8-24(22)30(26)15-19-10-12-21(27)13-11-19/h3-13,20H,14-16H2,1-2H3. The molecule has 4 aromatic rings. The van der Waals surface area contributed by atoms with Gasteiger partial charge in [-0.2, -0.15) is 0 Å². The van der Waals surface area contributed by atoms with E-state index in [0.717, 1.165) is 38.7 Å². The highest BCUT2D eigenvalue weighted by Crippen LogP contribution is 2.35. The molecule has 1 saturated heterocycles. The number of hydrogen-bond acceptors (Lipinski definition) is 2. The van der Waals surface area contributed by atoms with E-state index < -0.39 is 0 Å². The summed E-state index contributed by atoms with van der Waals surface area (Å²) in [4.78, 5) is 19.9. The monoisotopic (exact) mass is 429 g/mol. The number of anilines is 1. The van der Waals surface area contributed by atoms with E-state index in [-0.39, 0.29) is 11.8 Å². The van der Waals surface area contributed by atoms with Crippen molar-refractivity contribution in [1.82, 2.24) is 9.55 Å². The molecule has 1 fully saturated rings. The third-order valence-corrected chi connectivity index (χ3v) is 6.55. The maximum absolute atomic E-state index is 13.0. The average Bonchev–Trinajstić information content (AvgIpc) is 3.32. The van der Waals surface area contributed by atoms with Gasteiger partial charge in [-0.15, -0.1) is 0 Å². The first-order valence-electron chi connectivity index (χ1n) is 10.6. The number of halogens is 1. The van der Waals surface area contributed by atoms with Crippen LogP contribution in [-0.2, 0) is 11.3 Å². The molecule has 0 saturated carbocycles. The van der Waals surface area contributed by atoms with Crippen LogP contribution in [0.25, 0.3) is 11.0 Å². The van der Waals surface area contributed by atoms with Gasteiger partial charge >= 0.3 is 0 Å². The molecule has 156 valence electrons. The van der Waals surface area contributed by atoms with Gasteiger partial charge in [-0.3, -0.25) is 4.79 Å². The summed E-state index contributed by atoms with van der Waals surface area (Å²) in [5, 5.41) is 0.727. The topological polar surface area (TPSA) is 38.1 Å². The fourth-order valence-electron chi connectivity index (χ4n) is 4.49. The van der Waals surface area contributed by atoms with E-state index >= 15 is 0 Å². The second-order valence-electron chi connectivity index (χ2n) is 8.30. The molecule has 0 radical (unpaired) electrons. The number of carbonyl (C=O) groups is 1. The van der Waals surface area contributed by atoms with Crippen molar-refractivity contribution in [1.29, 1.82) is 0 Å². The van der Waals surface area contributed by atoms with Gasteiger partial charge in [0.05, 0.1) is 11.0 Å². The van der Waals surface area contributed by atoms with Crippen LogP contribution in [0.5, 0.6) is 0 Å². The van der Waals surface area contributed by atoms with Crippen molar-refractivity contribution >= 4 is 34.2 Å². The molecule has 0 N–H and O–H groups in total. The van der Waals surface area contributed by atoms with Gasteiger partial charge < -0.3 is 9.47 Å². The number of benzene rings is 3. The largest absolute Gasteiger partial charge is 0.323 e. The van der Waals surface area contributed by atoms with Gasteiger partial charge in [-0.1, -0.05) is 48.0 Å². The van der Waals surface area contributed by atoms with Crippen molar-refractivity contribution in [3.8, 4) is 0 Å². The van der Waals surface area contributed by atoms with Crippen LogP contribution in [0, 0.1) is 13.8 Å². The van der Waals surface area contributed by atoms with Crippen molar-refractivity contribution in [3.63, 3.8) is 0 Å². The molecular weight excluding hydrogens is 406 g/mol. The summed E-state index contributed by atoms with van der Waals surface area (Å²) in [6, 6.07) is 22.2. The maximum atomic E-state index is 13.0. The lowest BCUT2D eigenvalue weighted by Gasteiger charge is -2.20. The zero-order chi connectivity index (χ0) is 21.5. The Hall–Kier alpha value is -3.11. The van der Waals surface area contributed by atoms with Crippen LogP contribution in [0.1, 0.15) is 34.9 Å². The molecule has 2 heterocycles. The van der Waals surface area contributed by atoms with Crippen LogP contribution in [0.3, 0.4) is 0 Å². The second kappa shape index (κ2) is 7.86. The zero-order valence-corrected chi connectivity index (χ0v) is 18.4. The van der Waals surface area contributed by atoms with E-state index in [9.17, 15) is 4.79 Å². The predicted molar refractivity (Wildman–Crippen MR) is 126 cm³/mol. The van der Waals surface area contributed by atoms with E-state index in [1.807, 2.05) is 59.5 Å². The summed E-state index contributed by atoms with van der Waals surface area (Å²) < 4.78 is 2.25. The first-order chi connectivity index (χ1) is 15.0. The number of hydrogen-bond donors (Lipinski definition) is 0. The molecule has 0 spiro atoms. The van der Waals surface area contributed by atoms with Gasteiger partial charge in [0, 0.05) is 36.1 Å². The summed E-state index contributed by atoms with van der Waals surface area (Å²) in [5.74, 6) is 1.17. The highest BCUT2D eigenvalue weighted by atomic mass is 35.5. The van der Waals surface area contributed by atoms with Crippen LogP contribution < -0.4 is 4.90 Å². The first-order valence-corrected chi connectivity index (χ1v) is 11.0. The van der Waals surface area contributed by atoms with Crippen molar-refractivity contribution in [2.45, 2.75) is 32.7 Å². The lowest BCUT2D eigenvalue weighted by molar-refractivity contribution is -0.117. The van der Waals surface area contributed by atoms with Crippen LogP contribution in [0.2, 0.25) is 5.02 Å². The highest BCUT2D eigenvalue weighted by molar-refractivity contribution is 6.30. The molecule has 1 unspecified atom stereocenters. The number of rotatable bonds is 4. The fourth-order valence-corrected chi connectivity index (χ4v) is 4.61. The van der Waals surface area contributed by atoms with Crippen molar-refractivity contribution in [2.24, 2.45) is 0 Å². The Morgan fingerprint density at radius 2 is 1.77 bits per heavy atom. The number of para-hydroxylation sites is 2. The molecule has 0 bridgehead atoms. The molecule has 4 nitrogen and oxygen atoms in total. The van der Waals surface area contributed by atoms with Crippen molar-refractivity contribution in [3.05, 3.63) is 94.3 Å². The number of imidazole rings is 1. The van der Waals surface area contributed by atoms with Gasteiger partial charge in [0.15, 0.2) is 0 Å². The fraction of sp³-hybridized carbons (Fsp3) is 0.231. The minimum atomic E-state index is 0.0483. The normalized spacial score (nSPS) is 16.4. The minimum Gasteiger partial charge on any atom is -0.323 e. The van der Waals surface area contributed by atoms with Crippen LogP contribution in [0.4, 0.5) is 5.69 Å². The summed E-state index contributed by atoms with van der Waals surface area (Å²) in [6.07, 6.45) is 0.470. The SMILES string of the molecule is Cc1cccc(N2CC(c3nc4ccccc4n3Cc3ccc(Cl)cc3)CC2=O)c1C.